The van der Waals surface area contributed by atoms with Gasteiger partial charge in [0, 0.05) is 31.6 Å². The van der Waals surface area contributed by atoms with E-state index in [-0.39, 0.29) is 24.8 Å². The van der Waals surface area contributed by atoms with Crippen LogP contribution < -0.4 is 0 Å². The van der Waals surface area contributed by atoms with Crippen molar-refractivity contribution in [1.82, 2.24) is 19.5 Å². The van der Waals surface area contributed by atoms with Gasteiger partial charge in [0.25, 0.3) is 5.91 Å². The smallest absolute Gasteiger partial charge is 0.417 e. The highest BCUT2D eigenvalue weighted by Crippen LogP contribution is 2.34. The molecule has 2 aromatic heterocycles. The normalized spacial score (nSPS) is 23.3. The summed E-state index contributed by atoms with van der Waals surface area (Å²) in [6, 6.07) is 9.29. The van der Waals surface area contributed by atoms with Gasteiger partial charge in [-0.3, -0.25) is 9.20 Å². The van der Waals surface area contributed by atoms with E-state index in [9.17, 15) is 22.8 Å². The Morgan fingerprint density at radius 3 is 2.76 bits per heavy atom. The second-order valence-corrected chi connectivity index (χ2v) is 8.75. The molecule has 7 nitrogen and oxygen atoms in total. The number of esters is 1. The molecular formula is C23H21F3N4O3. The number of halogens is 3. The summed E-state index contributed by atoms with van der Waals surface area (Å²) < 4.78 is 46.5. The van der Waals surface area contributed by atoms with Crippen LogP contribution in [0.15, 0.2) is 42.6 Å². The Morgan fingerprint density at radius 2 is 1.97 bits per heavy atom. The monoisotopic (exact) mass is 458 g/mol. The number of hydrogen-bond acceptors (Lipinski definition) is 5. The van der Waals surface area contributed by atoms with Crippen LogP contribution in [0.1, 0.15) is 53.0 Å². The van der Waals surface area contributed by atoms with E-state index in [2.05, 4.69) is 10.2 Å². The molecule has 1 fully saturated rings. The topological polar surface area (TPSA) is 76.8 Å². The molecule has 5 rings (SSSR count). The van der Waals surface area contributed by atoms with E-state index in [0.717, 1.165) is 17.8 Å². The third-order valence-electron chi connectivity index (χ3n) is 6.37. The third-order valence-corrected chi connectivity index (χ3v) is 6.37. The predicted molar refractivity (Wildman–Crippen MR) is 111 cm³/mol. The lowest BCUT2D eigenvalue weighted by Crippen LogP contribution is -2.55. The first-order valence-corrected chi connectivity index (χ1v) is 10.7. The molecule has 10 heteroatoms. The van der Waals surface area contributed by atoms with Crippen molar-refractivity contribution in [1.29, 1.82) is 0 Å². The number of carbonyl (C=O) groups excluding carboxylic acids is 2. The van der Waals surface area contributed by atoms with Gasteiger partial charge in [-0.2, -0.15) is 13.2 Å². The Hall–Kier alpha value is -3.43. The average Bonchev–Trinajstić information content (AvgIpc) is 3.21. The molecule has 33 heavy (non-hydrogen) atoms. The molecular weight excluding hydrogens is 437 g/mol. The van der Waals surface area contributed by atoms with Crippen LogP contribution in [0.5, 0.6) is 0 Å². The average molecular weight is 458 g/mol. The Kier molecular flexibility index (Phi) is 4.91. The van der Waals surface area contributed by atoms with E-state index in [1.807, 2.05) is 6.07 Å². The summed E-state index contributed by atoms with van der Waals surface area (Å²) in [7, 11) is 0. The van der Waals surface area contributed by atoms with Gasteiger partial charge in [0.15, 0.2) is 11.2 Å². The summed E-state index contributed by atoms with van der Waals surface area (Å²) in [6.07, 6.45) is -1.94. The van der Waals surface area contributed by atoms with Crippen molar-refractivity contribution in [3.8, 4) is 0 Å². The minimum Gasteiger partial charge on any atom is -0.445 e. The quantitative estimate of drug-likeness (QED) is 0.549. The number of fused-ring (bicyclic) bond motifs is 2. The maximum absolute atomic E-state index is 13.5. The number of piperidine rings is 1. The van der Waals surface area contributed by atoms with Crippen molar-refractivity contribution in [2.24, 2.45) is 0 Å². The van der Waals surface area contributed by atoms with Gasteiger partial charge in [0.05, 0.1) is 11.1 Å². The van der Waals surface area contributed by atoms with Gasteiger partial charge < -0.3 is 9.64 Å². The molecule has 1 saturated heterocycles. The Balaban J connectivity index is 1.41. The Labute approximate surface area is 187 Å². The minimum absolute atomic E-state index is 0.255. The van der Waals surface area contributed by atoms with Gasteiger partial charge in [0.1, 0.15) is 5.82 Å². The summed E-state index contributed by atoms with van der Waals surface area (Å²) in [5.74, 6) is -0.773. The summed E-state index contributed by atoms with van der Waals surface area (Å²) >= 11 is 0. The minimum atomic E-state index is -4.49. The molecule has 172 valence electrons. The first-order valence-electron chi connectivity index (χ1n) is 10.7. The molecule has 0 aliphatic carbocycles. The van der Waals surface area contributed by atoms with Gasteiger partial charge in [0.2, 0.25) is 0 Å². The Morgan fingerprint density at radius 1 is 1.18 bits per heavy atom. The zero-order chi connectivity index (χ0) is 23.4. The lowest BCUT2D eigenvalue weighted by atomic mass is 9.87. The Bertz CT molecular complexity index is 1260. The van der Waals surface area contributed by atoms with Crippen LogP contribution in [0.4, 0.5) is 13.2 Å². The zero-order valence-electron chi connectivity index (χ0n) is 17.8. The summed E-state index contributed by atoms with van der Waals surface area (Å²) in [6.45, 7) is 2.33. The van der Waals surface area contributed by atoms with Crippen LogP contribution in [-0.2, 0) is 22.1 Å². The van der Waals surface area contributed by atoms with Crippen LogP contribution >= 0.6 is 0 Å². The molecule has 2 unspecified atom stereocenters. The molecule has 0 spiro atoms. The first-order chi connectivity index (χ1) is 15.7. The maximum Gasteiger partial charge on any atom is 0.417 e. The molecule has 4 heterocycles. The molecule has 0 saturated carbocycles. The van der Waals surface area contributed by atoms with Crippen LogP contribution in [0.2, 0.25) is 0 Å². The van der Waals surface area contributed by atoms with Crippen molar-refractivity contribution in [3.05, 3.63) is 65.1 Å². The van der Waals surface area contributed by atoms with Crippen LogP contribution in [-0.4, -0.2) is 50.1 Å². The summed E-state index contributed by atoms with van der Waals surface area (Å²) in [5, 5.41) is 8.13. The standard InChI is InChI=1S/C23H21F3N4O3/c1-22(11-14-5-2-3-7-17(14)20(31)33-22)21(32)29-10-4-6-15(12-29)19-28-27-18-9-8-16(13-30(18)19)23(24,25)26/h2-3,5,7-9,13,15H,4,6,10-12H2,1H3. The molecule has 0 radical (unpaired) electrons. The molecule has 0 N–H and O–H groups in total. The first kappa shape index (κ1) is 21.4. The number of hydrogen-bond donors (Lipinski definition) is 0. The molecule has 0 bridgehead atoms. The van der Waals surface area contributed by atoms with Crippen LogP contribution in [0.3, 0.4) is 0 Å². The van der Waals surface area contributed by atoms with Gasteiger partial charge in [-0.25, -0.2) is 4.79 Å². The number of ether oxygens (including phenoxy) is 1. The van der Waals surface area contributed by atoms with Crippen LogP contribution in [0.25, 0.3) is 5.65 Å². The number of benzene rings is 1. The van der Waals surface area contributed by atoms with Gasteiger partial charge in [-0.05, 0) is 43.5 Å². The lowest BCUT2D eigenvalue weighted by molar-refractivity contribution is -0.152. The molecule has 2 aliphatic rings. The van der Waals surface area contributed by atoms with Crippen molar-refractivity contribution < 1.29 is 27.5 Å². The maximum atomic E-state index is 13.5. The van der Waals surface area contributed by atoms with E-state index in [1.165, 1.54) is 10.5 Å². The molecule has 3 aromatic rings. The number of carbonyl (C=O) groups is 2. The second-order valence-electron chi connectivity index (χ2n) is 8.75. The third kappa shape index (κ3) is 3.73. The van der Waals surface area contributed by atoms with Crippen molar-refractivity contribution in [3.63, 3.8) is 0 Å². The van der Waals surface area contributed by atoms with Crippen molar-refractivity contribution in [2.45, 2.75) is 43.9 Å². The predicted octanol–water partition coefficient (Wildman–Crippen LogP) is 3.63. The highest BCUT2D eigenvalue weighted by molar-refractivity contribution is 5.97. The highest BCUT2D eigenvalue weighted by Gasteiger charge is 2.46. The SMILES string of the molecule is CC1(C(=O)N2CCCC(c3nnc4ccc(C(F)(F)F)cn34)C2)Cc2ccccc2C(=O)O1. The van der Waals surface area contributed by atoms with Gasteiger partial charge >= 0.3 is 12.1 Å². The second kappa shape index (κ2) is 7.57. The number of nitrogens with zero attached hydrogens (tertiary/aromatic N) is 4. The molecule has 1 amide bonds. The largest absolute Gasteiger partial charge is 0.445 e. The van der Waals surface area contributed by atoms with E-state index < -0.39 is 23.3 Å². The van der Waals surface area contributed by atoms with E-state index >= 15 is 0 Å². The molecule has 2 atom stereocenters. The molecule has 1 aromatic carbocycles. The number of rotatable bonds is 2. The number of pyridine rings is 1. The number of alkyl halides is 3. The lowest BCUT2D eigenvalue weighted by Gasteiger charge is -2.40. The van der Waals surface area contributed by atoms with Gasteiger partial charge in [-0.15, -0.1) is 10.2 Å². The van der Waals surface area contributed by atoms with E-state index in [4.69, 9.17) is 4.74 Å². The number of cyclic esters (lactones) is 1. The summed E-state index contributed by atoms with van der Waals surface area (Å²) in [5.41, 5.74) is -0.619. The van der Waals surface area contributed by atoms with Crippen molar-refractivity contribution in [2.75, 3.05) is 13.1 Å². The fraction of sp³-hybridized carbons (Fsp3) is 0.391. The zero-order valence-corrected chi connectivity index (χ0v) is 17.8. The van der Waals surface area contributed by atoms with Crippen molar-refractivity contribution >= 4 is 17.5 Å². The summed E-state index contributed by atoms with van der Waals surface area (Å²) in [4.78, 5) is 27.6. The number of likely N-dealkylation sites (tertiary alicyclic amines) is 1. The number of amides is 1. The van der Waals surface area contributed by atoms with E-state index in [0.29, 0.717) is 36.4 Å². The molecule has 2 aliphatic heterocycles. The van der Waals surface area contributed by atoms with Crippen LogP contribution in [0, 0.1) is 0 Å². The highest BCUT2D eigenvalue weighted by atomic mass is 19.4. The fourth-order valence-electron chi connectivity index (χ4n) is 4.71. The van der Waals surface area contributed by atoms with E-state index in [1.54, 1.807) is 30.0 Å². The number of aromatic nitrogens is 3. The fourth-order valence-corrected chi connectivity index (χ4v) is 4.71. The van der Waals surface area contributed by atoms with Gasteiger partial charge in [-0.1, -0.05) is 18.2 Å².